The molecule has 0 unspecified atom stereocenters. The van der Waals surface area contributed by atoms with E-state index < -0.39 is 0 Å². The highest BCUT2D eigenvalue weighted by atomic mass is 19.1. The number of hydrogen-bond donors (Lipinski definition) is 1. The standard InChI is InChI=1S/C19H20FN5O/c1-24(19(26)16-11-22-25-9-3-2-4-17(16)25)12-14-10-21-23-18(14)13-5-7-15(20)8-6-13/h5-8,10-11H,2-4,9,12H2,1H3,(H,21,23). The topological polar surface area (TPSA) is 66.8 Å². The third kappa shape index (κ3) is 3.00. The first-order chi connectivity index (χ1) is 12.6. The molecule has 26 heavy (non-hydrogen) atoms. The van der Waals surface area contributed by atoms with Gasteiger partial charge in [0.1, 0.15) is 5.82 Å². The third-order valence-electron chi connectivity index (χ3n) is 4.82. The molecule has 0 fully saturated rings. The number of carbonyl (C=O) groups is 1. The first-order valence-electron chi connectivity index (χ1n) is 8.72. The highest BCUT2D eigenvalue weighted by Gasteiger charge is 2.23. The van der Waals surface area contributed by atoms with Crippen LogP contribution in [0.15, 0.2) is 36.7 Å². The van der Waals surface area contributed by atoms with E-state index in [9.17, 15) is 9.18 Å². The van der Waals surface area contributed by atoms with Gasteiger partial charge >= 0.3 is 0 Å². The molecule has 0 radical (unpaired) electrons. The van der Waals surface area contributed by atoms with Crippen molar-refractivity contribution in [2.45, 2.75) is 32.4 Å². The Morgan fingerprint density at radius 1 is 1.27 bits per heavy atom. The van der Waals surface area contributed by atoms with Crippen LogP contribution in [0, 0.1) is 5.82 Å². The van der Waals surface area contributed by atoms with Gasteiger partial charge in [0.05, 0.1) is 29.3 Å². The second-order valence-electron chi connectivity index (χ2n) is 6.62. The predicted octanol–water partition coefficient (Wildman–Crippen LogP) is 3.02. The number of H-pyrrole nitrogens is 1. The minimum Gasteiger partial charge on any atom is -0.337 e. The van der Waals surface area contributed by atoms with Crippen molar-refractivity contribution in [2.75, 3.05) is 7.05 Å². The van der Waals surface area contributed by atoms with Gasteiger partial charge in [-0.25, -0.2) is 4.39 Å². The molecular weight excluding hydrogens is 333 g/mol. The lowest BCUT2D eigenvalue weighted by atomic mass is 10.1. The Kier molecular flexibility index (Phi) is 4.28. The number of aryl methyl sites for hydroxylation is 1. The van der Waals surface area contributed by atoms with Crippen LogP contribution in [0.1, 0.15) is 34.5 Å². The minimum absolute atomic E-state index is 0.0422. The summed E-state index contributed by atoms with van der Waals surface area (Å²) in [6, 6.07) is 6.21. The Labute approximate surface area is 150 Å². The van der Waals surface area contributed by atoms with Gasteiger partial charge in [0.25, 0.3) is 5.91 Å². The molecule has 3 heterocycles. The molecule has 1 amide bonds. The van der Waals surface area contributed by atoms with E-state index in [0.29, 0.717) is 12.1 Å². The van der Waals surface area contributed by atoms with E-state index in [1.54, 1.807) is 36.5 Å². The van der Waals surface area contributed by atoms with Gasteiger partial charge in [-0.05, 0) is 43.5 Å². The smallest absolute Gasteiger partial charge is 0.257 e. The van der Waals surface area contributed by atoms with Crippen LogP contribution < -0.4 is 0 Å². The lowest BCUT2D eigenvalue weighted by Crippen LogP contribution is -2.27. The second kappa shape index (κ2) is 6.74. The predicted molar refractivity (Wildman–Crippen MR) is 94.9 cm³/mol. The highest BCUT2D eigenvalue weighted by Crippen LogP contribution is 2.24. The molecule has 1 aliphatic rings. The summed E-state index contributed by atoms with van der Waals surface area (Å²) in [5, 5.41) is 11.4. The van der Waals surface area contributed by atoms with E-state index in [1.165, 1.54) is 12.1 Å². The van der Waals surface area contributed by atoms with Gasteiger partial charge in [0.2, 0.25) is 0 Å². The first-order valence-corrected chi connectivity index (χ1v) is 8.72. The fraction of sp³-hybridized carbons (Fsp3) is 0.316. The summed E-state index contributed by atoms with van der Waals surface area (Å²) < 4.78 is 15.1. The molecule has 2 aromatic heterocycles. The van der Waals surface area contributed by atoms with E-state index >= 15 is 0 Å². The van der Waals surface area contributed by atoms with E-state index in [-0.39, 0.29) is 11.7 Å². The van der Waals surface area contributed by atoms with E-state index in [4.69, 9.17) is 0 Å². The summed E-state index contributed by atoms with van der Waals surface area (Å²) in [6.45, 7) is 1.29. The largest absolute Gasteiger partial charge is 0.337 e. The molecule has 3 aromatic rings. The molecule has 0 bridgehead atoms. The molecular formula is C19H20FN5O. The van der Waals surface area contributed by atoms with Gasteiger partial charge in [-0.3, -0.25) is 14.6 Å². The van der Waals surface area contributed by atoms with Gasteiger partial charge in [0.15, 0.2) is 0 Å². The van der Waals surface area contributed by atoms with E-state index in [1.807, 2.05) is 4.68 Å². The molecule has 1 aromatic carbocycles. The SMILES string of the molecule is CN(Cc1cn[nH]c1-c1ccc(F)cc1)C(=O)c1cnn2c1CCCC2. The number of nitrogens with one attached hydrogen (secondary N) is 1. The monoisotopic (exact) mass is 353 g/mol. The van der Waals surface area contributed by atoms with Crippen LogP contribution in [-0.2, 0) is 19.5 Å². The maximum Gasteiger partial charge on any atom is 0.257 e. The van der Waals surface area contributed by atoms with Crippen molar-refractivity contribution in [3.8, 4) is 11.3 Å². The summed E-state index contributed by atoms with van der Waals surface area (Å²) in [5.74, 6) is -0.326. The van der Waals surface area contributed by atoms with Gasteiger partial charge in [0, 0.05) is 31.3 Å². The van der Waals surface area contributed by atoms with E-state index in [0.717, 1.165) is 48.3 Å². The van der Waals surface area contributed by atoms with Crippen molar-refractivity contribution in [2.24, 2.45) is 0 Å². The third-order valence-corrected chi connectivity index (χ3v) is 4.82. The number of nitrogens with zero attached hydrogens (tertiary/aromatic N) is 4. The molecule has 0 saturated carbocycles. The van der Waals surface area contributed by atoms with Gasteiger partial charge in [-0.15, -0.1) is 0 Å². The summed E-state index contributed by atoms with van der Waals surface area (Å²) in [6.07, 6.45) is 6.47. The molecule has 6 nitrogen and oxygen atoms in total. The molecule has 7 heteroatoms. The molecule has 0 aliphatic carbocycles. The Morgan fingerprint density at radius 3 is 2.88 bits per heavy atom. The van der Waals surface area contributed by atoms with Crippen LogP contribution in [0.5, 0.6) is 0 Å². The average Bonchev–Trinajstić information content (AvgIpc) is 3.28. The van der Waals surface area contributed by atoms with Crippen LogP contribution in [-0.4, -0.2) is 37.8 Å². The van der Waals surface area contributed by atoms with Crippen molar-refractivity contribution in [1.29, 1.82) is 0 Å². The number of amides is 1. The van der Waals surface area contributed by atoms with Crippen molar-refractivity contribution < 1.29 is 9.18 Å². The summed E-state index contributed by atoms with van der Waals surface area (Å²) in [5.41, 5.74) is 4.22. The van der Waals surface area contributed by atoms with Crippen molar-refractivity contribution in [1.82, 2.24) is 24.9 Å². The van der Waals surface area contributed by atoms with Crippen LogP contribution >= 0.6 is 0 Å². The molecule has 1 aliphatic heterocycles. The fourth-order valence-electron chi connectivity index (χ4n) is 3.43. The lowest BCUT2D eigenvalue weighted by molar-refractivity contribution is 0.0783. The Bertz CT molecular complexity index is 928. The number of fused-ring (bicyclic) bond motifs is 1. The zero-order valence-corrected chi connectivity index (χ0v) is 14.6. The van der Waals surface area contributed by atoms with Crippen LogP contribution in [0.2, 0.25) is 0 Å². The zero-order chi connectivity index (χ0) is 18.1. The second-order valence-corrected chi connectivity index (χ2v) is 6.62. The quantitative estimate of drug-likeness (QED) is 0.784. The Balaban J connectivity index is 1.55. The average molecular weight is 353 g/mol. The number of carbonyl (C=O) groups excluding carboxylic acids is 1. The number of halogens is 1. The van der Waals surface area contributed by atoms with Crippen LogP contribution in [0.25, 0.3) is 11.3 Å². The Hall–Kier alpha value is -2.96. The fourth-order valence-corrected chi connectivity index (χ4v) is 3.43. The molecule has 0 atom stereocenters. The summed E-state index contributed by atoms with van der Waals surface area (Å²) in [7, 11) is 1.77. The van der Waals surface area contributed by atoms with E-state index in [2.05, 4.69) is 15.3 Å². The number of rotatable bonds is 4. The van der Waals surface area contributed by atoms with Gasteiger partial charge in [-0.1, -0.05) is 0 Å². The van der Waals surface area contributed by atoms with Crippen molar-refractivity contribution in [3.63, 3.8) is 0 Å². The van der Waals surface area contributed by atoms with Gasteiger partial charge < -0.3 is 4.90 Å². The number of hydrogen-bond acceptors (Lipinski definition) is 3. The lowest BCUT2D eigenvalue weighted by Gasteiger charge is -2.19. The van der Waals surface area contributed by atoms with Crippen molar-refractivity contribution in [3.05, 3.63) is 59.3 Å². The molecule has 0 saturated heterocycles. The molecule has 1 N–H and O–H groups in total. The Morgan fingerprint density at radius 2 is 2.08 bits per heavy atom. The molecule has 4 rings (SSSR count). The number of aromatic nitrogens is 4. The minimum atomic E-state index is -0.284. The van der Waals surface area contributed by atoms with Crippen LogP contribution in [0.3, 0.4) is 0 Å². The summed E-state index contributed by atoms with van der Waals surface area (Å²) in [4.78, 5) is 14.6. The van der Waals surface area contributed by atoms with Crippen molar-refractivity contribution >= 4 is 5.91 Å². The molecule has 134 valence electrons. The maximum atomic E-state index is 13.2. The zero-order valence-electron chi connectivity index (χ0n) is 14.6. The van der Waals surface area contributed by atoms with Gasteiger partial charge in [-0.2, -0.15) is 10.2 Å². The number of aromatic amines is 1. The first kappa shape index (κ1) is 16.5. The normalized spacial score (nSPS) is 13.5. The maximum absolute atomic E-state index is 13.2. The summed E-state index contributed by atoms with van der Waals surface area (Å²) >= 11 is 0. The highest BCUT2D eigenvalue weighted by molar-refractivity contribution is 5.95. The number of benzene rings is 1. The van der Waals surface area contributed by atoms with Crippen LogP contribution in [0.4, 0.5) is 4.39 Å². The molecule has 0 spiro atoms.